The molecule has 0 radical (unpaired) electrons. The zero-order valence-electron chi connectivity index (χ0n) is 26.3. The van der Waals surface area contributed by atoms with Gasteiger partial charge in [-0.2, -0.15) is 0 Å². The van der Waals surface area contributed by atoms with E-state index in [1.54, 1.807) is 54.7 Å². The van der Waals surface area contributed by atoms with Gasteiger partial charge < -0.3 is 25.3 Å². The van der Waals surface area contributed by atoms with Crippen molar-refractivity contribution in [1.82, 2.24) is 30.4 Å². The van der Waals surface area contributed by atoms with Crippen molar-refractivity contribution in [2.24, 2.45) is 0 Å². The summed E-state index contributed by atoms with van der Waals surface area (Å²) in [4.78, 5) is 46.0. The van der Waals surface area contributed by atoms with Gasteiger partial charge in [0, 0.05) is 65.1 Å². The predicted molar refractivity (Wildman–Crippen MR) is 191 cm³/mol. The first-order valence-corrected chi connectivity index (χ1v) is 15.7. The molecule has 0 bridgehead atoms. The number of aromatic nitrogens is 6. The second-order valence-electron chi connectivity index (χ2n) is 11.2. The summed E-state index contributed by atoms with van der Waals surface area (Å²) >= 11 is 5.47. The maximum Gasteiger partial charge on any atom is 0.336 e. The van der Waals surface area contributed by atoms with Crippen LogP contribution in [0.4, 0.5) is 11.5 Å². The molecule has 1 aliphatic carbocycles. The number of hydrogen-bond acceptors (Lipinski definition) is 12. The van der Waals surface area contributed by atoms with Crippen molar-refractivity contribution in [3.8, 4) is 51.1 Å². The summed E-state index contributed by atoms with van der Waals surface area (Å²) in [5.74, 6) is -0.470. The number of phenols is 1. The molecule has 3 aromatic heterocycles. The van der Waals surface area contributed by atoms with Crippen molar-refractivity contribution in [2.75, 3.05) is 10.6 Å². The third kappa shape index (κ3) is 7.09. The van der Waals surface area contributed by atoms with Crippen LogP contribution in [0.5, 0.6) is 5.75 Å². The third-order valence-corrected chi connectivity index (χ3v) is 8.03. The van der Waals surface area contributed by atoms with Gasteiger partial charge >= 0.3 is 5.97 Å². The van der Waals surface area contributed by atoms with Crippen molar-refractivity contribution < 1.29 is 24.2 Å². The van der Waals surface area contributed by atoms with Crippen molar-refractivity contribution in [3.63, 3.8) is 0 Å². The summed E-state index contributed by atoms with van der Waals surface area (Å²) in [7, 11) is 0. The molecule has 0 spiro atoms. The minimum atomic E-state index is -1.20. The number of carbonyl (C=O) groups excluding carboxylic acids is 1. The van der Waals surface area contributed by atoms with Crippen molar-refractivity contribution in [2.45, 2.75) is 12.8 Å². The van der Waals surface area contributed by atoms with Gasteiger partial charge in [0.25, 0.3) is 0 Å². The molecule has 2 aromatic carbocycles. The molecule has 250 valence electrons. The van der Waals surface area contributed by atoms with Crippen molar-refractivity contribution >= 4 is 51.6 Å². The standard InChI is InChI=1S/C36H24N8O6S/c45-21-6-9-24-28(16-21)50-29-17-22(46)7-10-25(29)33(24)23-8-5-20(15-26(23)36(48)49)39-32(51)13-12-31(47)40-30-11-4-19(18-38-30)34-41-43-35(44-42-34)27-3-1-2-14-37-27/h1-11,14-18,45H,12-13H2,(H,39,51)(H,48,49)(H,38,40,47). The highest BCUT2D eigenvalue weighted by Gasteiger charge is 2.22. The minimum absolute atomic E-state index is 0.0328. The van der Waals surface area contributed by atoms with E-state index in [9.17, 15) is 24.6 Å². The monoisotopic (exact) mass is 696 g/mol. The summed E-state index contributed by atoms with van der Waals surface area (Å²) in [5, 5.41) is 42.9. The lowest BCUT2D eigenvalue weighted by molar-refractivity contribution is -0.116. The lowest BCUT2D eigenvalue weighted by atomic mass is 9.90. The zero-order chi connectivity index (χ0) is 35.5. The Balaban J connectivity index is 1.01. The SMILES string of the molecule is O=C(CCC(=S)Nc1ccc(-c2c3ccc(=O)cc-3oc3cc(O)ccc23)c(C(=O)O)c1)Nc1ccc(-c2nnc(-c3ccccn3)nn2)cn1. The number of carboxylic acid groups (broad SMARTS) is 1. The lowest BCUT2D eigenvalue weighted by Crippen LogP contribution is -2.17. The number of aromatic carboxylic acids is 1. The molecule has 0 saturated heterocycles. The molecule has 5 aromatic rings. The van der Waals surface area contributed by atoms with E-state index in [2.05, 4.69) is 41.0 Å². The molecule has 14 nitrogen and oxygen atoms in total. The first-order valence-electron chi connectivity index (χ1n) is 15.3. The molecule has 0 fully saturated rings. The Labute approximate surface area is 293 Å². The fraction of sp³-hybridized carbons (Fsp3) is 0.0556. The second kappa shape index (κ2) is 13.9. The Morgan fingerprint density at radius 3 is 2.35 bits per heavy atom. The van der Waals surface area contributed by atoms with E-state index in [-0.39, 0.29) is 58.5 Å². The van der Waals surface area contributed by atoms with Gasteiger partial charge in [0.05, 0.1) is 10.6 Å². The molecule has 1 aliphatic heterocycles. The first-order chi connectivity index (χ1) is 24.7. The number of benzene rings is 3. The quantitative estimate of drug-likeness (QED) is 0.104. The van der Waals surface area contributed by atoms with Crippen LogP contribution in [0.25, 0.3) is 56.3 Å². The van der Waals surface area contributed by atoms with E-state index >= 15 is 0 Å². The molecular weight excluding hydrogens is 673 g/mol. The highest BCUT2D eigenvalue weighted by molar-refractivity contribution is 7.80. The number of nitrogens with one attached hydrogen (secondary N) is 2. The highest BCUT2D eigenvalue weighted by atomic mass is 32.1. The number of pyridine rings is 2. The molecule has 1 amide bonds. The number of thiocarbonyl (C=S) groups is 1. The van der Waals surface area contributed by atoms with Crippen LogP contribution in [0, 0.1) is 0 Å². The number of carbonyl (C=O) groups is 2. The van der Waals surface area contributed by atoms with E-state index in [1.165, 1.54) is 36.5 Å². The van der Waals surface area contributed by atoms with Crippen LogP contribution in [0.15, 0.2) is 107 Å². The number of aromatic hydroxyl groups is 1. The van der Waals surface area contributed by atoms with Gasteiger partial charge in [-0.3, -0.25) is 14.6 Å². The average molecular weight is 697 g/mol. The third-order valence-electron chi connectivity index (χ3n) is 7.72. The molecule has 2 aliphatic rings. The molecule has 0 unspecified atom stereocenters. The summed E-state index contributed by atoms with van der Waals surface area (Å²) in [6.07, 6.45) is 3.32. The number of hydrogen-bond donors (Lipinski definition) is 4. The molecule has 0 atom stereocenters. The molecule has 0 saturated carbocycles. The summed E-state index contributed by atoms with van der Waals surface area (Å²) in [6, 6.07) is 22.1. The maximum atomic E-state index is 12.7. The Bertz CT molecular complexity index is 2470. The Morgan fingerprint density at radius 2 is 1.61 bits per heavy atom. The maximum absolute atomic E-state index is 12.7. The van der Waals surface area contributed by atoms with Crippen molar-refractivity contribution in [3.05, 3.63) is 113 Å². The number of carboxylic acids is 1. The van der Waals surface area contributed by atoms with Crippen LogP contribution in [0.3, 0.4) is 0 Å². The molecule has 15 heteroatoms. The number of amides is 1. The second-order valence-corrected chi connectivity index (χ2v) is 11.7. The normalized spacial score (nSPS) is 11.0. The number of rotatable bonds is 9. The summed E-state index contributed by atoms with van der Waals surface area (Å²) in [6.45, 7) is 0. The summed E-state index contributed by atoms with van der Waals surface area (Å²) in [5.41, 5.74) is 2.89. The Hall–Kier alpha value is -7.00. The van der Waals surface area contributed by atoms with Crippen molar-refractivity contribution in [1.29, 1.82) is 0 Å². The van der Waals surface area contributed by atoms with E-state index in [4.69, 9.17) is 16.6 Å². The van der Waals surface area contributed by atoms with Crippen LogP contribution in [-0.2, 0) is 4.79 Å². The van der Waals surface area contributed by atoms with Crippen LogP contribution in [0.2, 0.25) is 0 Å². The van der Waals surface area contributed by atoms with E-state index in [0.717, 1.165) is 0 Å². The predicted octanol–water partition coefficient (Wildman–Crippen LogP) is 5.83. The number of anilines is 2. The Morgan fingerprint density at radius 1 is 0.804 bits per heavy atom. The molecule has 4 heterocycles. The largest absolute Gasteiger partial charge is 0.508 e. The van der Waals surface area contributed by atoms with E-state index in [1.807, 2.05) is 6.07 Å². The topological polar surface area (TPSA) is 206 Å². The fourth-order valence-corrected chi connectivity index (χ4v) is 5.58. The van der Waals surface area contributed by atoms with E-state index < -0.39 is 5.97 Å². The first kappa shape index (κ1) is 32.5. The zero-order valence-corrected chi connectivity index (χ0v) is 27.1. The number of phenolic OH excluding ortho intramolecular Hbond substituents is 1. The van der Waals surface area contributed by atoms with E-state index in [0.29, 0.717) is 49.8 Å². The van der Waals surface area contributed by atoms with Crippen LogP contribution in [-0.4, -0.2) is 57.4 Å². The smallest absolute Gasteiger partial charge is 0.336 e. The molecule has 7 rings (SSSR count). The highest BCUT2D eigenvalue weighted by Crippen LogP contribution is 2.42. The molecule has 51 heavy (non-hydrogen) atoms. The van der Waals surface area contributed by atoms with Crippen LogP contribution >= 0.6 is 12.2 Å². The fourth-order valence-electron chi connectivity index (χ4n) is 5.36. The lowest BCUT2D eigenvalue weighted by Gasteiger charge is -2.17. The van der Waals surface area contributed by atoms with Crippen LogP contribution < -0.4 is 16.1 Å². The van der Waals surface area contributed by atoms with Gasteiger partial charge in [0.2, 0.25) is 17.6 Å². The van der Waals surface area contributed by atoms with Gasteiger partial charge in [-0.05, 0) is 66.2 Å². The average Bonchev–Trinajstić information content (AvgIpc) is 3.14. The van der Waals surface area contributed by atoms with Gasteiger partial charge in [-0.25, -0.2) is 9.78 Å². The van der Waals surface area contributed by atoms with Gasteiger partial charge in [-0.1, -0.05) is 24.4 Å². The number of nitrogens with zero attached hydrogens (tertiary/aromatic N) is 6. The Kier molecular flexibility index (Phi) is 8.84. The minimum Gasteiger partial charge on any atom is -0.508 e. The molecular formula is C36H24N8O6S. The van der Waals surface area contributed by atoms with Gasteiger partial charge in [0.15, 0.2) is 5.43 Å². The number of fused-ring (bicyclic) bond motifs is 2. The van der Waals surface area contributed by atoms with Crippen LogP contribution in [0.1, 0.15) is 23.2 Å². The van der Waals surface area contributed by atoms with Gasteiger partial charge in [0.1, 0.15) is 28.6 Å². The summed E-state index contributed by atoms with van der Waals surface area (Å²) < 4.78 is 5.89. The molecule has 4 N–H and O–H groups in total. The van der Waals surface area contributed by atoms with Gasteiger partial charge in [-0.15, -0.1) is 20.4 Å².